The molecule has 6 nitrogen and oxygen atoms in total. The van der Waals surface area contributed by atoms with Crippen LogP contribution in [0.5, 0.6) is 0 Å². The van der Waals surface area contributed by atoms with Crippen molar-refractivity contribution in [3.63, 3.8) is 0 Å². The average molecular weight is 519 g/mol. The van der Waals surface area contributed by atoms with Gasteiger partial charge in [-0.15, -0.1) is 0 Å². The minimum atomic E-state index is -4.75. The first-order valence-electron chi connectivity index (χ1n) is 12.2. The van der Waals surface area contributed by atoms with Crippen molar-refractivity contribution in [3.8, 4) is 6.07 Å². The van der Waals surface area contributed by atoms with E-state index in [0.29, 0.717) is 31.7 Å². The van der Waals surface area contributed by atoms with Crippen LogP contribution in [0.15, 0.2) is 18.2 Å². The maximum atomic E-state index is 13.1. The van der Waals surface area contributed by atoms with Gasteiger partial charge in [0.2, 0.25) is 0 Å². The largest absolute Gasteiger partial charge is 0.417 e. The number of alkyl halides is 3. The van der Waals surface area contributed by atoms with Crippen molar-refractivity contribution in [3.05, 3.63) is 29.3 Å². The maximum Gasteiger partial charge on any atom is 0.417 e. The Hall–Kier alpha value is -2.12. The van der Waals surface area contributed by atoms with E-state index in [1.807, 2.05) is 0 Å². The molecule has 1 aromatic carbocycles. The molecule has 0 fully saturated rings. The van der Waals surface area contributed by atoms with Crippen molar-refractivity contribution >= 4 is 21.4 Å². The van der Waals surface area contributed by atoms with Gasteiger partial charge in [0.05, 0.1) is 28.7 Å². The minimum absolute atomic E-state index is 0.108. The zero-order chi connectivity index (χ0) is 26.5. The minimum Gasteiger partial charge on any atom is -0.380 e. The van der Waals surface area contributed by atoms with E-state index in [0.717, 1.165) is 44.6 Å². The van der Waals surface area contributed by atoms with Crippen LogP contribution in [0, 0.1) is 11.3 Å². The zero-order valence-corrected chi connectivity index (χ0v) is 21.4. The lowest BCUT2D eigenvalue weighted by Gasteiger charge is -2.22. The molecular formula is C25H37F3N2O4S. The smallest absolute Gasteiger partial charge is 0.380 e. The summed E-state index contributed by atoms with van der Waals surface area (Å²) in [5, 5.41) is 21.6. The number of amides is 1. The molecule has 0 aliphatic heterocycles. The Morgan fingerprint density at radius 2 is 1.54 bits per heavy atom. The second kappa shape index (κ2) is 14.4. The van der Waals surface area contributed by atoms with Crippen LogP contribution in [0.25, 0.3) is 0 Å². The molecule has 1 atom stereocenters. The van der Waals surface area contributed by atoms with Gasteiger partial charge in [-0.3, -0.25) is 4.79 Å². The molecule has 0 bridgehead atoms. The standard InChI is InChI=1S/C25H37F3N2O4S/c1-3-4-5-8-11-16-35(33,34)17-12-9-6-7-10-15-24(2,32)23(31)30-21-14-13-20(19-29)22(18-21)25(26,27)28/h13-14,18,32H,3-12,15-17H2,1-2H3,(H,30,31)/t24-/m0/s1. The van der Waals surface area contributed by atoms with Gasteiger partial charge in [0.25, 0.3) is 5.91 Å². The zero-order valence-electron chi connectivity index (χ0n) is 20.6. The number of nitrogens with one attached hydrogen (secondary N) is 1. The SMILES string of the molecule is CCCCCCCS(=O)(=O)CCCCCCC[C@](C)(O)C(=O)Nc1ccc(C#N)c(C(F)(F)F)c1. The summed E-state index contributed by atoms with van der Waals surface area (Å²) in [7, 11) is -3.02. The Labute approximate surface area is 206 Å². The quantitative estimate of drug-likeness (QED) is 0.261. The Kier molecular flexibility index (Phi) is 12.8. The highest BCUT2D eigenvalue weighted by atomic mass is 32.2. The number of hydrogen-bond acceptors (Lipinski definition) is 5. The number of carbonyl (C=O) groups excluding carboxylic acids is 1. The molecule has 1 rings (SSSR count). The lowest BCUT2D eigenvalue weighted by molar-refractivity contribution is -0.138. The van der Waals surface area contributed by atoms with Crippen molar-refractivity contribution in [2.45, 2.75) is 96.3 Å². The summed E-state index contributed by atoms with van der Waals surface area (Å²) in [6.45, 7) is 3.41. The molecule has 1 aromatic rings. The van der Waals surface area contributed by atoms with Crippen LogP contribution in [0.1, 0.15) is 95.6 Å². The lowest BCUT2D eigenvalue weighted by atomic mass is 9.96. The summed E-state index contributed by atoms with van der Waals surface area (Å²) in [6, 6.07) is 4.30. The molecule has 0 aliphatic rings. The van der Waals surface area contributed by atoms with Gasteiger partial charge < -0.3 is 10.4 Å². The fourth-order valence-corrected chi connectivity index (χ4v) is 5.17. The molecule has 198 valence electrons. The van der Waals surface area contributed by atoms with E-state index in [9.17, 15) is 31.5 Å². The van der Waals surface area contributed by atoms with Crippen LogP contribution in [0.2, 0.25) is 0 Å². The molecule has 0 radical (unpaired) electrons. The van der Waals surface area contributed by atoms with Gasteiger partial charge >= 0.3 is 6.18 Å². The van der Waals surface area contributed by atoms with Gasteiger partial charge in [-0.2, -0.15) is 18.4 Å². The number of aliphatic hydroxyl groups is 1. The highest BCUT2D eigenvalue weighted by Gasteiger charge is 2.35. The van der Waals surface area contributed by atoms with E-state index in [1.165, 1.54) is 19.1 Å². The first-order valence-corrected chi connectivity index (χ1v) is 14.0. The van der Waals surface area contributed by atoms with E-state index in [-0.39, 0.29) is 23.6 Å². The normalized spacial score (nSPS) is 13.7. The van der Waals surface area contributed by atoms with Gasteiger partial charge in [-0.25, -0.2) is 8.42 Å². The fourth-order valence-electron chi connectivity index (χ4n) is 3.68. The van der Waals surface area contributed by atoms with Crippen molar-refractivity contribution < 1.29 is 31.5 Å². The summed E-state index contributed by atoms with van der Waals surface area (Å²) in [5.74, 6) is -0.426. The number of carbonyl (C=O) groups is 1. The van der Waals surface area contributed by atoms with Crippen molar-refractivity contribution in [2.75, 3.05) is 16.8 Å². The highest BCUT2D eigenvalue weighted by Crippen LogP contribution is 2.33. The molecule has 35 heavy (non-hydrogen) atoms. The number of rotatable bonds is 16. The van der Waals surface area contributed by atoms with Crippen LogP contribution < -0.4 is 5.32 Å². The molecule has 0 spiro atoms. The van der Waals surface area contributed by atoms with E-state index in [2.05, 4.69) is 12.2 Å². The molecule has 1 amide bonds. The van der Waals surface area contributed by atoms with E-state index < -0.39 is 38.6 Å². The topological polar surface area (TPSA) is 107 Å². The Bertz CT molecular complexity index is 954. The number of anilines is 1. The number of nitrogens with zero attached hydrogens (tertiary/aromatic N) is 1. The summed E-state index contributed by atoms with van der Waals surface area (Å²) in [4.78, 5) is 12.4. The van der Waals surface area contributed by atoms with Crippen molar-refractivity contribution in [2.24, 2.45) is 0 Å². The third-order valence-electron chi connectivity index (χ3n) is 5.87. The van der Waals surface area contributed by atoms with Gasteiger partial charge in [-0.1, -0.05) is 58.3 Å². The summed E-state index contributed by atoms with van der Waals surface area (Å²) in [6.07, 6.45) is 3.58. The van der Waals surface area contributed by atoms with Crippen LogP contribution in [-0.4, -0.2) is 36.5 Å². The molecule has 10 heteroatoms. The van der Waals surface area contributed by atoms with Gasteiger partial charge in [0.1, 0.15) is 15.4 Å². The van der Waals surface area contributed by atoms with E-state index in [4.69, 9.17) is 5.26 Å². The monoisotopic (exact) mass is 518 g/mol. The fraction of sp³-hybridized carbons (Fsp3) is 0.680. The molecular weight excluding hydrogens is 481 g/mol. The number of nitriles is 1. The Morgan fingerprint density at radius 3 is 2.09 bits per heavy atom. The number of benzene rings is 1. The van der Waals surface area contributed by atoms with Gasteiger partial charge in [0, 0.05) is 5.69 Å². The van der Waals surface area contributed by atoms with Crippen LogP contribution in [0.4, 0.5) is 18.9 Å². The Morgan fingerprint density at radius 1 is 1.00 bits per heavy atom. The first-order chi connectivity index (χ1) is 16.3. The second-order valence-corrected chi connectivity index (χ2v) is 11.5. The summed E-state index contributed by atoms with van der Waals surface area (Å²) < 4.78 is 63.4. The molecule has 2 N–H and O–H groups in total. The number of unbranched alkanes of at least 4 members (excludes halogenated alkanes) is 8. The number of sulfone groups is 1. The number of hydrogen-bond donors (Lipinski definition) is 2. The van der Waals surface area contributed by atoms with Crippen LogP contribution in [-0.2, 0) is 20.8 Å². The predicted octanol–water partition coefficient (Wildman–Crippen LogP) is 5.99. The highest BCUT2D eigenvalue weighted by molar-refractivity contribution is 7.91. The third kappa shape index (κ3) is 11.9. The average Bonchev–Trinajstić information content (AvgIpc) is 2.77. The van der Waals surface area contributed by atoms with Crippen molar-refractivity contribution in [1.29, 1.82) is 5.26 Å². The van der Waals surface area contributed by atoms with E-state index >= 15 is 0 Å². The van der Waals surface area contributed by atoms with Gasteiger partial charge in [0.15, 0.2) is 0 Å². The van der Waals surface area contributed by atoms with Crippen molar-refractivity contribution in [1.82, 2.24) is 0 Å². The molecule has 0 heterocycles. The third-order valence-corrected chi connectivity index (χ3v) is 7.69. The molecule has 0 aliphatic carbocycles. The lowest BCUT2D eigenvalue weighted by Crippen LogP contribution is -2.40. The van der Waals surface area contributed by atoms with Crippen LogP contribution >= 0.6 is 0 Å². The molecule has 0 saturated heterocycles. The Balaban J connectivity index is 2.38. The predicted molar refractivity (Wildman–Crippen MR) is 131 cm³/mol. The summed E-state index contributed by atoms with van der Waals surface area (Å²) >= 11 is 0. The maximum absolute atomic E-state index is 13.1. The first kappa shape index (κ1) is 30.9. The summed E-state index contributed by atoms with van der Waals surface area (Å²) in [5.41, 5.74) is -3.65. The second-order valence-electron chi connectivity index (χ2n) is 9.18. The van der Waals surface area contributed by atoms with Gasteiger partial charge in [-0.05, 0) is 44.4 Å². The van der Waals surface area contributed by atoms with E-state index in [1.54, 1.807) is 0 Å². The van der Waals surface area contributed by atoms with Crippen LogP contribution in [0.3, 0.4) is 0 Å². The molecule has 0 unspecified atom stereocenters. The molecule has 0 saturated carbocycles. The molecule has 0 aromatic heterocycles. The number of halogens is 3.